The van der Waals surface area contributed by atoms with Gasteiger partial charge in [-0.05, 0) is 30.7 Å². The third kappa shape index (κ3) is 3.07. The van der Waals surface area contributed by atoms with Crippen LogP contribution in [-0.2, 0) is 6.61 Å². The fraction of sp³-hybridized carbons (Fsp3) is 0.143. The van der Waals surface area contributed by atoms with Crippen molar-refractivity contribution in [3.63, 3.8) is 0 Å². The number of carbonyl (C=O) groups is 1. The van der Waals surface area contributed by atoms with Gasteiger partial charge in [-0.1, -0.05) is 18.2 Å². The number of halogens is 1. The van der Waals surface area contributed by atoms with E-state index in [1.807, 2.05) is 0 Å². The molecular weight excluding hydrogens is 249 g/mol. The molecule has 0 bridgehead atoms. The van der Waals surface area contributed by atoms with Gasteiger partial charge in [-0.3, -0.25) is 0 Å². The lowest BCUT2D eigenvalue weighted by Crippen LogP contribution is -2.05. The number of ether oxygens (including phenoxy) is 1. The number of pyridine rings is 1. The van der Waals surface area contributed by atoms with E-state index < -0.39 is 11.8 Å². The molecule has 4 nitrogen and oxygen atoms in total. The molecule has 0 radical (unpaired) electrons. The van der Waals surface area contributed by atoms with Crippen molar-refractivity contribution in [3.8, 4) is 5.75 Å². The monoisotopic (exact) mass is 261 g/mol. The highest BCUT2D eigenvalue weighted by Gasteiger charge is 2.08. The normalized spacial score (nSPS) is 10.2. The summed E-state index contributed by atoms with van der Waals surface area (Å²) in [6.07, 6.45) is 0. The van der Waals surface area contributed by atoms with Crippen LogP contribution in [0.5, 0.6) is 5.75 Å². The summed E-state index contributed by atoms with van der Waals surface area (Å²) < 4.78 is 19.0. The number of nitrogens with zero attached hydrogens (tertiary/aromatic N) is 1. The van der Waals surface area contributed by atoms with Crippen LogP contribution in [0.1, 0.15) is 21.7 Å². The van der Waals surface area contributed by atoms with Crippen LogP contribution in [0.4, 0.5) is 4.39 Å². The van der Waals surface area contributed by atoms with Crippen LogP contribution in [-0.4, -0.2) is 16.1 Å². The third-order valence-electron chi connectivity index (χ3n) is 2.56. The van der Waals surface area contributed by atoms with Gasteiger partial charge in [-0.25, -0.2) is 14.2 Å². The second-order valence-electron chi connectivity index (χ2n) is 4.00. The molecule has 0 aliphatic rings. The zero-order chi connectivity index (χ0) is 13.8. The van der Waals surface area contributed by atoms with Crippen LogP contribution in [0.15, 0.2) is 36.4 Å². The SMILES string of the molecule is Cc1cccc(OCc2cccc(C(=O)O)n2)c1F. The second-order valence-corrected chi connectivity index (χ2v) is 4.00. The van der Waals surface area contributed by atoms with Gasteiger partial charge in [0.15, 0.2) is 11.6 Å². The number of hydrogen-bond donors (Lipinski definition) is 1. The van der Waals surface area contributed by atoms with Crippen molar-refractivity contribution < 1.29 is 19.0 Å². The molecular formula is C14H12FNO3. The molecule has 0 atom stereocenters. The zero-order valence-corrected chi connectivity index (χ0v) is 10.3. The Hall–Kier alpha value is -2.43. The highest BCUT2D eigenvalue weighted by atomic mass is 19.1. The summed E-state index contributed by atoms with van der Waals surface area (Å²) >= 11 is 0. The van der Waals surface area contributed by atoms with Crippen molar-refractivity contribution in [1.82, 2.24) is 4.98 Å². The lowest BCUT2D eigenvalue weighted by atomic mass is 10.2. The summed E-state index contributed by atoms with van der Waals surface area (Å²) in [6, 6.07) is 9.44. The molecule has 0 unspecified atom stereocenters. The summed E-state index contributed by atoms with van der Waals surface area (Å²) in [5.74, 6) is -1.40. The molecule has 98 valence electrons. The van der Waals surface area contributed by atoms with Crippen molar-refractivity contribution in [2.45, 2.75) is 13.5 Å². The predicted molar refractivity (Wildman–Crippen MR) is 66.7 cm³/mol. The number of hydrogen-bond acceptors (Lipinski definition) is 3. The minimum absolute atomic E-state index is 0.0154. The van der Waals surface area contributed by atoms with E-state index in [0.717, 1.165) is 0 Å². The Bertz CT molecular complexity index is 613. The van der Waals surface area contributed by atoms with Crippen LogP contribution in [0.25, 0.3) is 0 Å². The summed E-state index contributed by atoms with van der Waals surface area (Å²) in [6.45, 7) is 1.66. The quantitative estimate of drug-likeness (QED) is 0.919. The van der Waals surface area contributed by atoms with E-state index in [1.165, 1.54) is 12.1 Å². The maximum atomic E-state index is 13.7. The van der Waals surface area contributed by atoms with Gasteiger partial charge in [0.05, 0.1) is 5.69 Å². The first-order valence-corrected chi connectivity index (χ1v) is 5.65. The molecule has 0 fully saturated rings. The fourth-order valence-electron chi connectivity index (χ4n) is 1.56. The Morgan fingerprint density at radius 3 is 2.79 bits per heavy atom. The number of benzene rings is 1. The van der Waals surface area contributed by atoms with E-state index in [9.17, 15) is 9.18 Å². The number of aromatic nitrogens is 1. The Labute approximate surface area is 109 Å². The Kier molecular flexibility index (Phi) is 3.75. The molecule has 19 heavy (non-hydrogen) atoms. The molecule has 5 heteroatoms. The third-order valence-corrected chi connectivity index (χ3v) is 2.56. The van der Waals surface area contributed by atoms with Crippen molar-refractivity contribution in [2.24, 2.45) is 0 Å². The van der Waals surface area contributed by atoms with Gasteiger partial charge in [-0.2, -0.15) is 0 Å². The van der Waals surface area contributed by atoms with E-state index in [4.69, 9.17) is 9.84 Å². The molecule has 1 aromatic heterocycles. The number of carboxylic acid groups (broad SMARTS) is 1. The van der Waals surface area contributed by atoms with E-state index >= 15 is 0 Å². The molecule has 2 aromatic rings. The molecule has 0 aliphatic heterocycles. The number of carboxylic acids is 1. The standard InChI is InChI=1S/C14H12FNO3/c1-9-4-2-7-12(13(9)15)19-8-10-5-3-6-11(16-10)14(17)18/h2-7H,8H2,1H3,(H,17,18). The van der Waals surface area contributed by atoms with Gasteiger partial charge in [0.1, 0.15) is 12.3 Å². The van der Waals surface area contributed by atoms with Crippen LogP contribution in [0, 0.1) is 12.7 Å². The van der Waals surface area contributed by atoms with Gasteiger partial charge in [0.2, 0.25) is 0 Å². The van der Waals surface area contributed by atoms with Crippen LogP contribution < -0.4 is 4.74 Å². The summed E-state index contributed by atoms with van der Waals surface area (Å²) in [4.78, 5) is 14.7. The molecule has 1 N–H and O–H groups in total. The highest BCUT2D eigenvalue weighted by molar-refractivity contribution is 5.85. The summed E-state index contributed by atoms with van der Waals surface area (Å²) in [5.41, 5.74) is 0.858. The van der Waals surface area contributed by atoms with Crippen molar-refractivity contribution in [3.05, 3.63) is 59.2 Å². The average molecular weight is 261 g/mol. The summed E-state index contributed by atoms with van der Waals surface area (Å²) in [7, 11) is 0. The first-order chi connectivity index (χ1) is 9.08. The zero-order valence-electron chi connectivity index (χ0n) is 10.3. The highest BCUT2D eigenvalue weighted by Crippen LogP contribution is 2.20. The van der Waals surface area contributed by atoms with Gasteiger partial charge < -0.3 is 9.84 Å². The lowest BCUT2D eigenvalue weighted by Gasteiger charge is -2.08. The Balaban J connectivity index is 2.12. The second kappa shape index (κ2) is 5.48. The smallest absolute Gasteiger partial charge is 0.354 e. The lowest BCUT2D eigenvalue weighted by molar-refractivity contribution is 0.0690. The first-order valence-electron chi connectivity index (χ1n) is 5.65. The molecule has 0 aliphatic carbocycles. The molecule has 1 aromatic carbocycles. The number of aromatic carboxylic acids is 1. The predicted octanol–water partition coefficient (Wildman–Crippen LogP) is 2.81. The maximum Gasteiger partial charge on any atom is 0.354 e. The Morgan fingerprint density at radius 2 is 2.05 bits per heavy atom. The molecule has 1 heterocycles. The van der Waals surface area contributed by atoms with E-state index in [2.05, 4.69) is 4.98 Å². The van der Waals surface area contributed by atoms with Gasteiger partial charge in [0.25, 0.3) is 0 Å². The largest absolute Gasteiger partial charge is 0.484 e. The number of rotatable bonds is 4. The van der Waals surface area contributed by atoms with Gasteiger partial charge in [-0.15, -0.1) is 0 Å². The van der Waals surface area contributed by atoms with Crippen molar-refractivity contribution in [1.29, 1.82) is 0 Å². The van der Waals surface area contributed by atoms with Crippen LogP contribution in [0.3, 0.4) is 0 Å². The van der Waals surface area contributed by atoms with Crippen molar-refractivity contribution in [2.75, 3.05) is 0 Å². The van der Waals surface area contributed by atoms with E-state index in [-0.39, 0.29) is 18.1 Å². The molecule has 0 spiro atoms. The van der Waals surface area contributed by atoms with Gasteiger partial charge in [0, 0.05) is 0 Å². The molecule has 0 saturated heterocycles. The van der Waals surface area contributed by atoms with Crippen LogP contribution in [0.2, 0.25) is 0 Å². The first kappa shape index (κ1) is 13.0. The van der Waals surface area contributed by atoms with Gasteiger partial charge >= 0.3 is 5.97 Å². The fourth-order valence-corrected chi connectivity index (χ4v) is 1.56. The minimum atomic E-state index is -1.11. The Morgan fingerprint density at radius 1 is 1.32 bits per heavy atom. The topological polar surface area (TPSA) is 59.4 Å². The molecule has 2 rings (SSSR count). The number of aryl methyl sites for hydroxylation is 1. The van der Waals surface area contributed by atoms with E-state index in [0.29, 0.717) is 11.3 Å². The minimum Gasteiger partial charge on any atom is -0.484 e. The maximum absolute atomic E-state index is 13.7. The molecule has 0 amide bonds. The van der Waals surface area contributed by atoms with Crippen molar-refractivity contribution >= 4 is 5.97 Å². The van der Waals surface area contributed by atoms with E-state index in [1.54, 1.807) is 31.2 Å². The summed E-state index contributed by atoms with van der Waals surface area (Å²) in [5, 5.41) is 8.81. The molecule has 0 saturated carbocycles. The average Bonchev–Trinajstić information content (AvgIpc) is 2.41. The van der Waals surface area contributed by atoms with Crippen LogP contribution >= 0.6 is 0 Å².